The number of hydrogen-bond acceptors (Lipinski definition) is 3. The number of nitrogens with one attached hydrogen (secondary N) is 1. The van der Waals surface area contributed by atoms with Crippen molar-refractivity contribution in [2.75, 3.05) is 12.4 Å². The van der Waals surface area contributed by atoms with Crippen molar-refractivity contribution in [2.24, 2.45) is 0 Å². The highest BCUT2D eigenvalue weighted by Gasteiger charge is 2.34. The van der Waals surface area contributed by atoms with E-state index in [4.69, 9.17) is 9.15 Å². The summed E-state index contributed by atoms with van der Waals surface area (Å²) in [4.78, 5) is 0. The van der Waals surface area contributed by atoms with Gasteiger partial charge in [-0.2, -0.15) is 13.2 Å². The van der Waals surface area contributed by atoms with Crippen LogP contribution in [0.3, 0.4) is 0 Å². The largest absolute Gasteiger partial charge is 0.497 e. The number of ether oxygens (including phenoxy) is 1. The van der Waals surface area contributed by atoms with E-state index in [-0.39, 0.29) is 17.5 Å². The van der Waals surface area contributed by atoms with Crippen molar-refractivity contribution in [1.29, 1.82) is 0 Å². The van der Waals surface area contributed by atoms with Gasteiger partial charge in [0, 0.05) is 5.69 Å². The maximum atomic E-state index is 13.0. The second-order valence-corrected chi connectivity index (χ2v) is 4.29. The predicted octanol–water partition coefficient (Wildman–Crippen LogP) is 4.48. The highest BCUT2D eigenvalue weighted by atomic mass is 19.4. The van der Waals surface area contributed by atoms with Crippen LogP contribution in [0.5, 0.6) is 5.75 Å². The minimum Gasteiger partial charge on any atom is -0.497 e. The van der Waals surface area contributed by atoms with E-state index in [0.29, 0.717) is 5.76 Å². The van der Waals surface area contributed by atoms with Crippen LogP contribution >= 0.6 is 0 Å². The van der Waals surface area contributed by atoms with Gasteiger partial charge in [-0.15, -0.1) is 0 Å². The smallest absolute Gasteiger partial charge is 0.418 e. The quantitative estimate of drug-likeness (QED) is 0.899. The Labute approximate surface area is 114 Å². The fourth-order valence-corrected chi connectivity index (χ4v) is 1.85. The molecule has 1 aromatic carbocycles. The maximum absolute atomic E-state index is 13.0. The van der Waals surface area contributed by atoms with Gasteiger partial charge in [0.15, 0.2) is 0 Å². The molecule has 2 aromatic rings. The van der Waals surface area contributed by atoms with Crippen molar-refractivity contribution in [3.63, 3.8) is 0 Å². The van der Waals surface area contributed by atoms with E-state index in [2.05, 4.69) is 5.32 Å². The molecule has 0 saturated heterocycles. The zero-order valence-corrected chi connectivity index (χ0v) is 11.0. The van der Waals surface area contributed by atoms with Gasteiger partial charge in [0.25, 0.3) is 0 Å². The third kappa shape index (κ3) is 3.07. The Balaban J connectivity index is 2.31. The lowest BCUT2D eigenvalue weighted by Crippen LogP contribution is -2.13. The molecule has 0 bridgehead atoms. The van der Waals surface area contributed by atoms with Gasteiger partial charge in [0.2, 0.25) is 0 Å². The van der Waals surface area contributed by atoms with Gasteiger partial charge in [0.1, 0.15) is 11.5 Å². The summed E-state index contributed by atoms with van der Waals surface area (Å²) in [5.41, 5.74) is -0.780. The molecule has 1 N–H and O–H groups in total. The first-order chi connectivity index (χ1) is 9.41. The lowest BCUT2D eigenvalue weighted by molar-refractivity contribution is -0.137. The molecule has 0 radical (unpaired) electrons. The number of hydrogen-bond donors (Lipinski definition) is 1. The van der Waals surface area contributed by atoms with Crippen molar-refractivity contribution in [2.45, 2.75) is 19.1 Å². The van der Waals surface area contributed by atoms with Crippen molar-refractivity contribution in [1.82, 2.24) is 0 Å². The topological polar surface area (TPSA) is 34.4 Å². The van der Waals surface area contributed by atoms with Crippen LogP contribution in [0.4, 0.5) is 18.9 Å². The van der Waals surface area contributed by atoms with Gasteiger partial charge < -0.3 is 14.5 Å². The highest BCUT2D eigenvalue weighted by Crippen LogP contribution is 2.38. The Kier molecular flexibility index (Phi) is 3.92. The third-order valence-corrected chi connectivity index (χ3v) is 2.87. The van der Waals surface area contributed by atoms with E-state index in [1.165, 1.54) is 25.5 Å². The van der Waals surface area contributed by atoms with E-state index in [1.54, 1.807) is 19.1 Å². The molecule has 1 heterocycles. The molecule has 1 aromatic heterocycles. The van der Waals surface area contributed by atoms with Crippen LogP contribution in [-0.2, 0) is 6.18 Å². The summed E-state index contributed by atoms with van der Waals surface area (Å²) in [5, 5.41) is 2.80. The normalized spacial score (nSPS) is 13.1. The first kappa shape index (κ1) is 14.3. The summed E-state index contributed by atoms with van der Waals surface area (Å²) in [6, 6.07) is 6.81. The minimum absolute atomic E-state index is 0.0119. The van der Waals surface area contributed by atoms with Gasteiger partial charge in [-0.05, 0) is 37.3 Å². The number of halogens is 3. The van der Waals surface area contributed by atoms with Crippen LogP contribution in [0, 0.1) is 0 Å². The molecule has 0 aliphatic heterocycles. The molecule has 0 saturated carbocycles. The standard InChI is InChI=1S/C14H14F3NO2/c1-9(13-4-3-7-20-13)18-12-6-5-10(19-2)8-11(12)14(15,16)17/h3-9,18H,1-2H3. The third-order valence-electron chi connectivity index (χ3n) is 2.87. The Morgan fingerprint density at radius 1 is 1.25 bits per heavy atom. The second kappa shape index (κ2) is 5.48. The van der Waals surface area contributed by atoms with Crippen LogP contribution in [0.15, 0.2) is 41.0 Å². The van der Waals surface area contributed by atoms with Gasteiger partial charge in [0.05, 0.1) is 25.0 Å². The van der Waals surface area contributed by atoms with Crippen LogP contribution in [0.2, 0.25) is 0 Å². The van der Waals surface area contributed by atoms with Crippen molar-refractivity contribution < 1.29 is 22.3 Å². The van der Waals surface area contributed by atoms with Crippen molar-refractivity contribution in [3.05, 3.63) is 47.9 Å². The summed E-state index contributed by atoms with van der Waals surface area (Å²) < 4.78 is 49.1. The molecule has 2 rings (SSSR count). The Morgan fingerprint density at radius 2 is 2.00 bits per heavy atom. The van der Waals surface area contributed by atoms with Gasteiger partial charge in [-0.1, -0.05) is 0 Å². The Morgan fingerprint density at radius 3 is 2.55 bits per heavy atom. The average molecular weight is 285 g/mol. The van der Waals surface area contributed by atoms with Crippen molar-refractivity contribution in [3.8, 4) is 5.75 Å². The lowest BCUT2D eigenvalue weighted by Gasteiger charge is -2.18. The Bertz CT molecular complexity index is 564. The SMILES string of the molecule is COc1ccc(NC(C)c2ccco2)c(C(F)(F)F)c1. The summed E-state index contributed by atoms with van der Waals surface area (Å²) in [7, 11) is 1.33. The summed E-state index contributed by atoms with van der Waals surface area (Å²) in [6.45, 7) is 1.73. The molecule has 20 heavy (non-hydrogen) atoms. The molecule has 0 spiro atoms. The number of furan rings is 1. The number of anilines is 1. The van der Waals surface area contributed by atoms with Crippen LogP contribution < -0.4 is 10.1 Å². The van der Waals surface area contributed by atoms with Gasteiger partial charge in [-0.3, -0.25) is 0 Å². The van der Waals surface area contributed by atoms with E-state index >= 15 is 0 Å². The van der Waals surface area contributed by atoms with E-state index in [1.807, 2.05) is 0 Å². The number of methoxy groups -OCH3 is 1. The predicted molar refractivity (Wildman–Crippen MR) is 68.7 cm³/mol. The molecule has 0 fully saturated rings. The highest BCUT2D eigenvalue weighted by molar-refractivity contribution is 5.56. The molecule has 108 valence electrons. The van der Waals surface area contributed by atoms with Gasteiger partial charge >= 0.3 is 6.18 Å². The van der Waals surface area contributed by atoms with Crippen LogP contribution in [0.1, 0.15) is 24.3 Å². The summed E-state index contributed by atoms with van der Waals surface area (Å²) >= 11 is 0. The summed E-state index contributed by atoms with van der Waals surface area (Å²) in [5.74, 6) is 0.725. The van der Waals surface area contributed by atoms with Crippen molar-refractivity contribution >= 4 is 5.69 Å². The molecule has 0 aliphatic rings. The summed E-state index contributed by atoms with van der Waals surface area (Å²) in [6.07, 6.45) is -2.98. The molecule has 1 unspecified atom stereocenters. The second-order valence-electron chi connectivity index (χ2n) is 4.29. The Hall–Kier alpha value is -2.11. The van der Waals surface area contributed by atoms with Crippen LogP contribution in [0.25, 0.3) is 0 Å². The number of alkyl halides is 3. The maximum Gasteiger partial charge on any atom is 0.418 e. The average Bonchev–Trinajstić information content (AvgIpc) is 2.91. The van der Waals surface area contributed by atoms with Gasteiger partial charge in [-0.25, -0.2) is 0 Å². The van der Waals surface area contributed by atoms with E-state index in [9.17, 15) is 13.2 Å². The number of rotatable bonds is 4. The minimum atomic E-state index is -4.46. The van der Waals surface area contributed by atoms with E-state index < -0.39 is 11.7 Å². The lowest BCUT2D eigenvalue weighted by atomic mass is 10.1. The van der Waals surface area contributed by atoms with E-state index in [0.717, 1.165) is 6.07 Å². The number of benzene rings is 1. The molecular formula is C14H14F3NO2. The first-order valence-corrected chi connectivity index (χ1v) is 5.97. The molecule has 3 nitrogen and oxygen atoms in total. The fourth-order valence-electron chi connectivity index (χ4n) is 1.85. The fraction of sp³-hybridized carbons (Fsp3) is 0.286. The molecule has 0 aliphatic carbocycles. The molecule has 1 atom stereocenters. The molecule has 6 heteroatoms. The zero-order valence-electron chi connectivity index (χ0n) is 11.0. The zero-order chi connectivity index (χ0) is 14.8. The molecule has 0 amide bonds. The monoisotopic (exact) mass is 285 g/mol. The molecular weight excluding hydrogens is 271 g/mol. The van der Waals surface area contributed by atoms with Crippen LogP contribution in [-0.4, -0.2) is 7.11 Å². The first-order valence-electron chi connectivity index (χ1n) is 5.97.